The predicted octanol–water partition coefficient (Wildman–Crippen LogP) is 1.87. The molecule has 1 aromatic rings. The smallest absolute Gasteiger partial charge is 0.295 e. The number of rotatable bonds is 3. The summed E-state index contributed by atoms with van der Waals surface area (Å²) in [5.41, 5.74) is -0.289. The van der Waals surface area contributed by atoms with Gasteiger partial charge in [0.25, 0.3) is 5.69 Å². The molecular weight excluding hydrogens is 212 g/mol. The fourth-order valence-corrected chi connectivity index (χ4v) is 1.38. The minimum Gasteiger partial charge on any atom is -0.512 e. The SMILES string of the molecule is CC(=O)/C(=C(/C)O)c1ccncc1[N+](=O)[O-]. The van der Waals surface area contributed by atoms with Gasteiger partial charge < -0.3 is 5.11 Å². The number of nitrogens with zero attached hydrogens (tertiary/aromatic N) is 2. The monoisotopic (exact) mass is 222 g/mol. The van der Waals surface area contributed by atoms with E-state index in [0.29, 0.717) is 0 Å². The van der Waals surface area contributed by atoms with E-state index in [1.807, 2.05) is 0 Å². The molecule has 0 saturated carbocycles. The van der Waals surface area contributed by atoms with Crippen LogP contribution in [0.5, 0.6) is 0 Å². The highest BCUT2D eigenvalue weighted by Gasteiger charge is 2.21. The van der Waals surface area contributed by atoms with Crippen LogP contribution in [0, 0.1) is 10.1 Å². The highest BCUT2D eigenvalue weighted by atomic mass is 16.6. The molecule has 0 unspecified atom stereocenters. The Kier molecular flexibility index (Phi) is 3.34. The summed E-state index contributed by atoms with van der Waals surface area (Å²) in [7, 11) is 0. The van der Waals surface area contributed by atoms with Crippen LogP contribution in [0.2, 0.25) is 0 Å². The molecule has 0 saturated heterocycles. The number of aliphatic hydroxyl groups is 1. The lowest BCUT2D eigenvalue weighted by Crippen LogP contribution is -2.03. The van der Waals surface area contributed by atoms with Crippen molar-refractivity contribution in [2.24, 2.45) is 0 Å². The molecular formula is C10H10N2O4. The molecule has 6 heteroatoms. The van der Waals surface area contributed by atoms with Crippen LogP contribution in [-0.2, 0) is 4.79 Å². The van der Waals surface area contributed by atoms with Gasteiger partial charge in [-0.3, -0.25) is 19.9 Å². The van der Waals surface area contributed by atoms with Crippen molar-refractivity contribution in [2.45, 2.75) is 13.8 Å². The summed E-state index contributed by atoms with van der Waals surface area (Å²) in [6.07, 6.45) is 2.37. The number of aliphatic hydroxyl groups excluding tert-OH is 1. The molecule has 1 N–H and O–H groups in total. The number of allylic oxidation sites excluding steroid dienone is 2. The van der Waals surface area contributed by atoms with Crippen molar-refractivity contribution in [1.82, 2.24) is 4.98 Å². The Morgan fingerprint density at radius 1 is 1.50 bits per heavy atom. The molecule has 0 aliphatic rings. The highest BCUT2D eigenvalue weighted by Crippen LogP contribution is 2.27. The molecule has 0 aliphatic heterocycles. The number of carbonyl (C=O) groups is 1. The van der Waals surface area contributed by atoms with Gasteiger partial charge in [-0.2, -0.15) is 0 Å². The third-order valence-electron chi connectivity index (χ3n) is 1.98. The molecule has 0 atom stereocenters. The molecule has 0 spiro atoms. The fraction of sp³-hybridized carbons (Fsp3) is 0.200. The van der Waals surface area contributed by atoms with Crippen LogP contribution in [0.4, 0.5) is 5.69 Å². The van der Waals surface area contributed by atoms with Gasteiger partial charge in [0.15, 0.2) is 5.78 Å². The summed E-state index contributed by atoms with van der Waals surface area (Å²) in [5.74, 6) is -0.684. The largest absolute Gasteiger partial charge is 0.512 e. The Bertz CT molecular complexity index is 475. The lowest BCUT2D eigenvalue weighted by Gasteiger charge is -2.05. The van der Waals surface area contributed by atoms with E-state index in [9.17, 15) is 20.0 Å². The average molecular weight is 222 g/mol. The fourth-order valence-electron chi connectivity index (χ4n) is 1.38. The van der Waals surface area contributed by atoms with E-state index in [-0.39, 0.29) is 22.6 Å². The van der Waals surface area contributed by atoms with E-state index in [4.69, 9.17) is 0 Å². The van der Waals surface area contributed by atoms with Crippen molar-refractivity contribution in [2.75, 3.05) is 0 Å². The summed E-state index contributed by atoms with van der Waals surface area (Å²) >= 11 is 0. The third kappa shape index (κ3) is 2.22. The second-order valence-electron chi connectivity index (χ2n) is 3.17. The summed E-state index contributed by atoms with van der Waals surface area (Å²) in [5, 5.41) is 20.1. The maximum Gasteiger partial charge on any atom is 0.295 e. The van der Waals surface area contributed by atoms with Crippen LogP contribution in [-0.4, -0.2) is 20.8 Å². The number of Topliss-reactive ketones (excluding diaryl/α,β-unsaturated/α-hetero) is 1. The van der Waals surface area contributed by atoms with Crippen LogP contribution in [0.25, 0.3) is 5.57 Å². The second-order valence-corrected chi connectivity index (χ2v) is 3.17. The molecule has 16 heavy (non-hydrogen) atoms. The lowest BCUT2D eigenvalue weighted by molar-refractivity contribution is -0.385. The summed E-state index contributed by atoms with van der Waals surface area (Å²) in [6, 6.07) is 1.33. The molecule has 0 fully saturated rings. The molecule has 6 nitrogen and oxygen atoms in total. The average Bonchev–Trinajstić information content (AvgIpc) is 2.17. The zero-order valence-electron chi connectivity index (χ0n) is 8.80. The van der Waals surface area contributed by atoms with Crippen molar-refractivity contribution in [1.29, 1.82) is 0 Å². The van der Waals surface area contributed by atoms with Gasteiger partial charge in [0.2, 0.25) is 0 Å². The molecule has 1 heterocycles. The third-order valence-corrected chi connectivity index (χ3v) is 1.98. The summed E-state index contributed by atoms with van der Waals surface area (Å²) < 4.78 is 0. The molecule has 84 valence electrons. The molecule has 0 radical (unpaired) electrons. The molecule has 0 aromatic carbocycles. The van der Waals surface area contributed by atoms with Crippen molar-refractivity contribution in [3.63, 3.8) is 0 Å². The molecule has 0 bridgehead atoms. The maximum absolute atomic E-state index is 11.3. The van der Waals surface area contributed by atoms with Gasteiger partial charge in [0.05, 0.1) is 16.1 Å². The minimum absolute atomic E-state index is 0.0610. The Morgan fingerprint density at radius 3 is 2.56 bits per heavy atom. The van der Waals surface area contributed by atoms with Gasteiger partial charge in [-0.1, -0.05) is 0 Å². The van der Waals surface area contributed by atoms with E-state index in [0.717, 1.165) is 6.20 Å². The van der Waals surface area contributed by atoms with Crippen LogP contribution in [0.15, 0.2) is 24.2 Å². The Balaban J connectivity index is 3.49. The predicted molar refractivity (Wildman–Crippen MR) is 56.8 cm³/mol. The molecule has 0 aliphatic carbocycles. The number of nitro groups is 1. The van der Waals surface area contributed by atoms with Crippen molar-refractivity contribution in [3.05, 3.63) is 39.9 Å². The van der Waals surface area contributed by atoms with Gasteiger partial charge in [-0.25, -0.2) is 0 Å². The van der Waals surface area contributed by atoms with Crippen LogP contribution in [0.3, 0.4) is 0 Å². The number of carbonyl (C=O) groups excluding carboxylic acids is 1. The van der Waals surface area contributed by atoms with Gasteiger partial charge in [0.1, 0.15) is 12.0 Å². The van der Waals surface area contributed by atoms with Crippen molar-refractivity contribution in [3.8, 4) is 0 Å². The van der Waals surface area contributed by atoms with Crippen LogP contribution in [0.1, 0.15) is 19.4 Å². The van der Waals surface area contributed by atoms with Crippen LogP contribution >= 0.6 is 0 Å². The number of pyridine rings is 1. The first kappa shape index (κ1) is 11.8. The normalized spacial score (nSPS) is 11.9. The van der Waals surface area contributed by atoms with Gasteiger partial charge >= 0.3 is 0 Å². The number of hydrogen-bond donors (Lipinski definition) is 1. The van der Waals surface area contributed by atoms with E-state index in [1.165, 1.54) is 26.1 Å². The van der Waals surface area contributed by atoms with E-state index >= 15 is 0 Å². The zero-order valence-corrected chi connectivity index (χ0v) is 8.80. The quantitative estimate of drug-likeness (QED) is 0.364. The van der Waals surface area contributed by atoms with E-state index < -0.39 is 10.7 Å². The number of ketones is 1. The molecule has 1 aromatic heterocycles. The summed E-state index contributed by atoms with van der Waals surface area (Å²) in [6.45, 7) is 2.54. The second kappa shape index (κ2) is 4.52. The van der Waals surface area contributed by atoms with Crippen molar-refractivity contribution >= 4 is 17.0 Å². The Hall–Kier alpha value is -2.24. The lowest BCUT2D eigenvalue weighted by atomic mass is 10.0. The van der Waals surface area contributed by atoms with Gasteiger partial charge in [-0.15, -0.1) is 0 Å². The Morgan fingerprint density at radius 2 is 2.12 bits per heavy atom. The molecule has 0 amide bonds. The van der Waals surface area contributed by atoms with E-state index in [2.05, 4.69) is 4.98 Å². The zero-order chi connectivity index (χ0) is 12.3. The standard InChI is InChI=1S/C10H10N2O4/c1-6(13)10(7(2)14)8-3-4-11-5-9(8)12(15)16/h3-5,13H,1-2H3/b10-6+. The molecule has 1 rings (SSSR count). The first-order chi connectivity index (χ1) is 7.45. The van der Waals surface area contributed by atoms with Gasteiger partial charge in [0, 0.05) is 6.20 Å². The van der Waals surface area contributed by atoms with Gasteiger partial charge in [-0.05, 0) is 19.9 Å². The van der Waals surface area contributed by atoms with Crippen LogP contribution < -0.4 is 0 Å². The topological polar surface area (TPSA) is 93.3 Å². The van der Waals surface area contributed by atoms with Crippen molar-refractivity contribution < 1.29 is 14.8 Å². The summed E-state index contributed by atoms with van der Waals surface area (Å²) in [4.78, 5) is 25.0. The number of aromatic nitrogens is 1. The number of hydrogen-bond acceptors (Lipinski definition) is 5. The highest BCUT2D eigenvalue weighted by molar-refractivity contribution is 6.21. The first-order valence-electron chi connectivity index (χ1n) is 4.44. The Labute approximate surface area is 91.4 Å². The maximum atomic E-state index is 11.3. The van der Waals surface area contributed by atoms with E-state index in [1.54, 1.807) is 0 Å². The first-order valence-corrected chi connectivity index (χ1v) is 4.44. The minimum atomic E-state index is -0.645.